The topological polar surface area (TPSA) is 135 Å². The number of ether oxygens (including phenoxy) is 2. The number of rotatable bonds is 12. The van der Waals surface area contributed by atoms with Crippen LogP contribution in [0.3, 0.4) is 0 Å². The molecule has 3 aromatic rings. The zero-order valence-electron chi connectivity index (χ0n) is 28.8. The minimum Gasteiger partial charge on any atom is -0.493 e. The number of carbonyl (C=O) groups is 3. The van der Waals surface area contributed by atoms with Gasteiger partial charge in [-0.2, -0.15) is 26.3 Å². The van der Waals surface area contributed by atoms with E-state index in [0.29, 0.717) is 29.1 Å². The van der Waals surface area contributed by atoms with E-state index in [9.17, 15) is 40.7 Å². The minimum atomic E-state index is -4.91. The molecular weight excluding hydrogens is 730 g/mol. The van der Waals surface area contributed by atoms with E-state index in [2.05, 4.69) is 4.98 Å². The fourth-order valence-electron chi connectivity index (χ4n) is 7.13. The summed E-state index contributed by atoms with van der Waals surface area (Å²) in [7, 11) is 0. The average molecular weight is 771 g/mol. The summed E-state index contributed by atoms with van der Waals surface area (Å²) >= 11 is 0.373. The number of nitrogens with two attached hydrogens (primary N) is 1. The molecule has 0 unspecified atom stereocenters. The van der Waals surface area contributed by atoms with Crippen molar-refractivity contribution >= 4 is 29.1 Å². The number of hydrogen-bond acceptors (Lipinski definition) is 8. The van der Waals surface area contributed by atoms with Gasteiger partial charge in [-0.15, -0.1) is 11.3 Å². The van der Waals surface area contributed by atoms with Gasteiger partial charge in [-0.1, -0.05) is 31.5 Å². The van der Waals surface area contributed by atoms with Crippen LogP contribution in [0.25, 0.3) is 0 Å². The van der Waals surface area contributed by atoms with Crippen molar-refractivity contribution in [2.24, 2.45) is 5.73 Å². The van der Waals surface area contributed by atoms with Gasteiger partial charge in [-0.3, -0.25) is 19.4 Å². The summed E-state index contributed by atoms with van der Waals surface area (Å²) in [5.74, 6) is -2.43. The van der Waals surface area contributed by atoms with Crippen molar-refractivity contribution in [2.45, 2.75) is 87.8 Å². The number of piperidine rings is 2. The predicted octanol–water partition coefficient (Wildman–Crippen LogP) is 7.12. The maximum absolute atomic E-state index is 14.9. The standard InChI is InChI=1S/C36H40F6N4O6S/c1-2-8-27-34(52-23-21-28(53-22-23)36(40,41)42,13-7-17-46(27)31(49)30-25(35(37,38)39)10-5-16-44-30)32(50)45-18-14-33(43,15-19-45)24-9-3-4-11-26(24)51-20-6-12-29(47)48/h3-5,9-11,16,21-22,27H,2,6-8,12-15,17-20,43H2,1H3,(H,47,48)/t27-,34+/m1/s1. The Morgan fingerprint density at radius 3 is 2.38 bits per heavy atom. The summed E-state index contributed by atoms with van der Waals surface area (Å²) in [5, 5.41) is 10.1. The van der Waals surface area contributed by atoms with Crippen molar-refractivity contribution < 1.29 is 55.3 Å². The van der Waals surface area contributed by atoms with Crippen LogP contribution in [0.1, 0.15) is 84.8 Å². The molecular formula is C36H40F6N4O6S. The molecule has 2 aromatic heterocycles. The van der Waals surface area contributed by atoms with E-state index in [1.807, 2.05) is 0 Å². The molecule has 2 fully saturated rings. The number of carboxylic acids is 1. The van der Waals surface area contributed by atoms with E-state index in [-0.39, 0.29) is 76.9 Å². The Bertz CT molecular complexity index is 1780. The average Bonchev–Trinajstić information content (AvgIpc) is 3.60. The van der Waals surface area contributed by atoms with Crippen molar-refractivity contribution in [3.05, 3.63) is 75.7 Å². The van der Waals surface area contributed by atoms with Crippen molar-refractivity contribution in [1.29, 1.82) is 0 Å². The fraction of sp³-hybridized carbons (Fsp3) is 0.500. The highest BCUT2D eigenvalue weighted by Crippen LogP contribution is 2.44. The third kappa shape index (κ3) is 8.72. The van der Waals surface area contributed by atoms with Crippen molar-refractivity contribution in [3.8, 4) is 11.5 Å². The van der Waals surface area contributed by atoms with E-state index >= 15 is 0 Å². The Hall–Kier alpha value is -4.38. The first-order valence-corrected chi connectivity index (χ1v) is 18.1. The molecule has 53 heavy (non-hydrogen) atoms. The lowest BCUT2D eigenvalue weighted by Crippen LogP contribution is -2.69. The second kappa shape index (κ2) is 15.9. The maximum atomic E-state index is 14.9. The first-order chi connectivity index (χ1) is 25.0. The van der Waals surface area contributed by atoms with Gasteiger partial charge in [0, 0.05) is 61.2 Å². The Kier molecular flexibility index (Phi) is 12.0. The second-order valence-electron chi connectivity index (χ2n) is 13.2. The molecule has 2 aliphatic heterocycles. The van der Waals surface area contributed by atoms with E-state index in [4.69, 9.17) is 20.3 Å². The smallest absolute Gasteiger partial charge is 0.425 e. The van der Waals surface area contributed by atoms with Crippen LogP contribution in [0.15, 0.2) is 54.0 Å². The molecule has 2 atom stereocenters. The number of carbonyl (C=O) groups excluding carboxylic acids is 2. The lowest BCUT2D eigenvalue weighted by atomic mass is 9.77. The number of hydrogen-bond donors (Lipinski definition) is 2. The molecule has 2 aliphatic rings. The van der Waals surface area contributed by atoms with Crippen molar-refractivity contribution in [1.82, 2.24) is 14.8 Å². The quantitative estimate of drug-likeness (QED) is 0.147. The highest BCUT2D eigenvalue weighted by atomic mass is 32.1. The van der Waals surface area contributed by atoms with Gasteiger partial charge in [-0.05, 0) is 50.3 Å². The molecule has 0 bridgehead atoms. The molecule has 0 radical (unpaired) electrons. The molecule has 2 saturated heterocycles. The number of para-hydroxylation sites is 1. The molecule has 4 heterocycles. The summed E-state index contributed by atoms with van der Waals surface area (Å²) in [4.78, 5) is 45.3. The Morgan fingerprint density at radius 2 is 1.74 bits per heavy atom. The summed E-state index contributed by atoms with van der Waals surface area (Å²) in [6.07, 6.45) is -7.37. The van der Waals surface area contributed by atoms with Gasteiger partial charge in [0.2, 0.25) is 5.60 Å². The number of aromatic nitrogens is 1. The zero-order valence-corrected chi connectivity index (χ0v) is 29.7. The number of alkyl halides is 6. The lowest BCUT2D eigenvalue weighted by molar-refractivity contribution is -0.161. The van der Waals surface area contributed by atoms with Crippen LogP contribution < -0.4 is 15.2 Å². The van der Waals surface area contributed by atoms with Gasteiger partial charge in [-0.25, -0.2) is 0 Å². The first kappa shape index (κ1) is 39.8. The normalized spacial score (nSPS) is 20.6. The largest absolute Gasteiger partial charge is 0.493 e. The molecule has 3 N–H and O–H groups in total. The fourth-order valence-corrected chi connectivity index (χ4v) is 7.81. The number of thiophene rings is 1. The zero-order chi connectivity index (χ0) is 38.6. The number of nitrogens with zero attached hydrogens (tertiary/aromatic N) is 3. The van der Waals surface area contributed by atoms with E-state index in [1.165, 1.54) is 4.90 Å². The number of benzene rings is 1. The van der Waals surface area contributed by atoms with Crippen LogP contribution in [-0.4, -0.2) is 75.6 Å². The molecule has 17 heteroatoms. The second-order valence-corrected chi connectivity index (χ2v) is 14.1. The van der Waals surface area contributed by atoms with Gasteiger partial charge in [0.15, 0.2) is 0 Å². The van der Waals surface area contributed by atoms with E-state index in [0.717, 1.165) is 34.7 Å². The lowest BCUT2D eigenvalue weighted by Gasteiger charge is -2.51. The van der Waals surface area contributed by atoms with Crippen molar-refractivity contribution in [3.63, 3.8) is 0 Å². The number of pyridine rings is 1. The number of aliphatic carboxylic acids is 1. The third-order valence-corrected chi connectivity index (χ3v) is 10.6. The van der Waals surface area contributed by atoms with Crippen LogP contribution in [0.2, 0.25) is 0 Å². The van der Waals surface area contributed by atoms with E-state index in [1.54, 1.807) is 31.2 Å². The number of halogens is 6. The molecule has 1 aromatic carbocycles. The minimum absolute atomic E-state index is 0.0247. The number of carboxylic acid groups (broad SMARTS) is 1. The van der Waals surface area contributed by atoms with Crippen molar-refractivity contribution in [2.75, 3.05) is 26.2 Å². The molecule has 288 valence electrons. The summed E-state index contributed by atoms with van der Waals surface area (Å²) in [6.45, 7) is 2.01. The predicted molar refractivity (Wildman–Crippen MR) is 181 cm³/mol. The summed E-state index contributed by atoms with van der Waals surface area (Å²) in [6, 6.07) is 8.45. The summed E-state index contributed by atoms with van der Waals surface area (Å²) in [5.41, 5.74) is 2.54. The SMILES string of the molecule is CCC[C@H]1N(C(=O)c2ncccc2C(F)(F)F)CCC[C@@]1(Oc1csc(C(F)(F)F)c1)C(=O)N1CCC(N)(c2ccccc2OCCCC(=O)O)CC1. The first-order valence-electron chi connectivity index (χ1n) is 17.2. The van der Waals surface area contributed by atoms with Gasteiger partial charge in [0.1, 0.15) is 22.1 Å². The van der Waals surface area contributed by atoms with Crippen LogP contribution in [0.5, 0.6) is 11.5 Å². The highest BCUT2D eigenvalue weighted by molar-refractivity contribution is 7.10. The van der Waals surface area contributed by atoms with Gasteiger partial charge in [0.25, 0.3) is 11.8 Å². The van der Waals surface area contributed by atoms with Crippen LogP contribution >= 0.6 is 11.3 Å². The maximum Gasteiger partial charge on any atom is 0.425 e. The summed E-state index contributed by atoms with van der Waals surface area (Å²) < 4.78 is 95.2. The molecule has 2 amide bonds. The molecule has 5 rings (SSSR count). The molecule has 0 saturated carbocycles. The Balaban J connectivity index is 1.48. The molecule has 10 nitrogen and oxygen atoms in total. The Morgan fingerprint density at radius 1 is 1.02 bits per heavy atom. The van der Waals surface area contributed by atoms with Gasteiger partial charge >= 0.3 is 18.3 Å². The third-order valence-electron chi connectivity index (χ3n) is 9.68. The van der Waals surface area contributed by atoms with Crippen LogP contribution in [0, 0.1) is 0 Å². The number of likely N-dealkylation sites (tertiary alicyclic amines) is 2. The van der Waals surface area contributed by atoms with Gasteiger partial charge in [0.05, 0.1) is 18.2 Å². The number of amides is 2. The molecule has 0 spiro atoms. The van der Waals surface area contributed by atoms with Crippen LogP contribution in [0.4, 0.5) is 26.3 Å². The highest BCUT2D eigenvalue weighted by Gasteiger charge is 2.56. The molecule has 0 aliphatic carbocycles. The monoisotopic (exact) mass is 770 g/mol. The van der Waals surface area contributed by atoms with Gasteiger partial charge < -0.3 is 30.1 Å². The van der Waals surface area contributed by atoms with Crippen LogP contribution in [-0.2, 0) is 27.5 Å². The van der Waals surface area contributed by atoms with E-state index < -0.39 is 63.5 Å². The Labute approximate surface area is 305 Å².